The Bertz CT molecular complexity index is 970. The molecule has 1 aliphatic rings. The first-order valence-corrected chi connectivity index (χ1v) is 12.5. The van der Waals surface area contributed by atoms with Gasteiger partial charge in [-0.3, -0.25) is 0 Å². The fraction of sp³-hybridized carbons (Fsp3) is 0.571. The Morgan fingerprint density at radius 2 is 1.48 bits per heavy atom. The van der Waals surface area contributed by atoms with E-state index in [0.717, 1.165) is 51.0 Å². The molecule has 0 nitrogen and oxygen atoms in total. The summed E-state index contributed by atoms with van der Waals surface area (Å²) in [5, 5.41) is -0.464. The van der Waals surface area contributed by atoms with Crippen LogP contribution in [0.25, 0.3) is 16.6 Å². The number of hydrogen-bond donors (Lipinski definition) is 0. The molecule has 0 unspecified atom stereocenters. The van der Waals surface area contributed by atoms with Crippen molar-refractivity contribution in [3.8, 4) is 0 Å². The third-order valence-corrected chi connectivity index (χ3v) is 7.11. The maximum Gasteiger partial charge on any atom is 0.169 e. The minimum Gasteiger partial charge on any atom is -0.208 e. The molecular formula is C28H35F5. The Morgan fingerprint density at radius 3 is 2.15 bits per heavy atom. The van der Waals surface area contributed by atoms with Gasteiger partial charge in [-0.05, 0) is 67.5 Å². The van der Waals surface area contributed by atoms with E-state index in [2.05, 4.69) is 6.92 Å². The van der Waals surface area contributed by atoms with Gasteiger partial charge in [0.15, 0.2) is 17.5 Å². The van der Waals surface area contributed by atoms with Gasteiger partial charge in [0.05, 0.1) is 5.39 Å². The lowest BCUT2D eigenvalue weighted by Crippen LogP contribution is -2.15. The van der Waals surface area contributed by atoms with Crippen molar-refractivity contribution in [1.29, 1.82) is 0 Å². The van der Waals surface area contributed by atoms with Crippen LogP contribution < -0.4 is 0 Å². The van der Waals surface area contributed by atoms with Crippen LogP contribution in [0.4, 0.5) is 22.0 Å². The molecule has 0 radical (unpaired) electrons. The van der Waals surface area contributed by atoms with E-state index >= 15 is 8.78 Å². The molecule has 0 aromatic heterocycles. The maximum absolute atomic E-state index is 15.1. The van der Waals surface area contributed by atoms with Crippen LogP contribution in [0.3, 0.4) is 0 Å². The topological polar surface area (TPSA) is 0 Å². The second-order valence-electron chi connectivity index (χ2n) is 9.52. The van der Waals surface area contributed by atoms with E-state index in [1.807, 2.05) is 6.92 Å². The molecule has 0 spiro atoms. The van der Waals surface area contributed by atoms with Gasteiger partial charge in [0.2, 0.25) is 0 Å². The van der Waals surface area contributed by atoms with Gasteiger partial charge in [-0.1, -0.05) is 58.4 Å². The molecule has 1 aliphatic carbocycles. The first kappa shape index (κ1) is 25.7. The number of unbranched alkanes of at least 4 members (excludes halogenated alkanes) is 4. The van der Waals surface area contributed by atoms with Crippen LogP contribution in [0.1, 0.15) is 95.6 Å². The molecule has 0 atom stereocenters. The van der Waals surface area contributed by atoms with Gasteiger partial charge in [0.25, 0.3) is 0 Å². The summed E-state index contributed by atoms with van der Waals surface area (Å²) in [6, 6.07) is 3.89. The molecular weight excluding hydrogens is 431 g/mol. The first-order valence-electron chi connectivity index (χ1n) is 12.5. The normalized spacial score (nSPS) is 19.7. The summed E-state index contributed by atoms with van der Waals surface area (Å²) in [6.07, 6.45) is 10.2. The van der Waals surface area contributed by atoms with Gasteiger partial charge < -0.3 is 0 Å². The van der Waals surface area contributed by atoms with E-state index in [1.54, 1.807) is 0 Å². The summed E-state index contributed by atoms with van der Waals surface area (Å²) in [5.74, 6) is -6.02. The number of rotatable bonds is 10. The molecule has 1 fully saturated rings. The van der Waals surface area contributed by atoms with Crippen molar-refractivity contribution in [2.45, 2.75) is 90.9 Å². The van der Waals surface area contributed by atoms with E-state index in [-0.39, 0.29) is 10.9 Å². The molecule has 0 N–H and O–H groups in total. The van der Waals surface area contributed by atoms with Crippen LogP contribution in [-0.2, 0) is 6.42 Å². The summed E-state index contributed by atoms with van der Waals surface area (Å²) in [5.41, 5.74) is -0.458. The summed E-state index contributed by atoms with van der Waals surface area (Å²) in [6.45, 7) is 4.16. The second-order valence-corrected chi connectivity index (χ2v) is 9.52. The largest absolute Gasteiger partial charge is 0.208 e. The molecule has 0 bridgehead atoms. The van der Waals surface area contributed by atoms with Gasteiger partial charge >= 0.3 is 0 Å². The molecule has 33 heavy (non-hydrogen) atoms. The number of hydrogen-bond acceptors (Lipinski definition) is 0. The van der Waals surface area contributed by atoms with Crippen molar-refractivity contribution < 1.29 is 22.0 Å². The SMILES string of the molecule is CCCCCc1cc2ccc(C(F)=C(F)C3CCC(CCCCC)CC3)c(F)c2c(F)c1F. The van der Waals surface area contributed by atoms with Gasteiger partial charge in [0, 0.05) is 11.5 Å². The smallest absolute Gasteiger partial charge is 0.169 e. The van der Waals surface area contributed by atoms with E-state index < -0.39 is 46.0 Å². The third-order valence-electron chi connectivity index (χ3n) is 7.11. The number of benzene rings is 2. The van der Waals surface area contributed by atoms with E-state index in [4.69, 9.17) is 0 Å². The highest BCUT2D eigenvalue weighted by atomic mass is 19.2. The molecule has 1 saturated carbocycles. The van der Waals surface area contributed by atoms with Crippen molar-refractivity contribution >= 4 is 16.6 Å². The zero-order valence-electron chi connectivity index (χ0n) is 19.8. The minimum absolute atomic E-state index is 0.155. The average Bonchev–Trinajstić information content (AvgIpc) is 2.82. The summed E-state index contributed by atoms with van der Waals surface area (Å²) < 4.78 is 74.4. The second kappa shape index (κ2) is 12.0. The summed E-state index contributed by atoms with van der Waals surface area (Å²) >= 11 is 0. The zero-order chi connectivity index (χ0) is 24.0. The molecule has 5 heteroatoms. The highest BCUT2D eigenvalue weighted by Gasteiger charge is 2.28. The molecule has 182 valence electrons. The van der Waals surface area contributed by atoms with Crippen LogP contribution in [-0.4, -0.2) is 0 Å². The average molecular weight is 467 g/mol. The van der Waals surface area contributed by atoms with Crippen molar-refractivity contribution in [2.24, 2.45) is 11.8 Å². The summed E-state index contributed by atoms with van der Waals surface area (Å²) in [4.78, 5) is 0. The van der Waals surface area contributed by atoms with Crippen molar-refractivity contribution in [2.75, 3.05) is 0 Å². The van der Waals surface area contributed by atoms with Crippen LogP contribution in [0.5, 0.6) is 0 Å². The third kappa shape index (κ3) is 5.96. The first-order chi connectivity index (χ1) is 15.9. The fourth-order valence-corrected chi connectivity index (χ4v) is 5.05. The van der Waals surface area contributed by atoms with Crippen molar-refractivity contribution in [1.82, 2.24) is 0 Å². The van der Waals surface area contributed by atoms with Crippen molar-refractivity contribution in [3.63, 3.8) is 0 Å². The van der Waals surface area contributed by atoms with E-state index in [0.29, 0.717) is 31.6 Å². The number of fused-ring (bicyclic) bond motifs is 1. The Balaban J connectivity index is 1.83. The quantitative estimate of drug-likeness (QED) is 0.241. The molecule has 0 heterocycles. The van der Waals surface area contributed by atoms with Crippen LogP contribution >= 0.6 is 0 Å². The molecule has 0 amide bonds. The zero-order valence-corrected chi connectivity index (χ0v) is 19.8. The number of aryl methyl sites for hydroxylation is 1. The molecule has 0 aliphatic heterocycles. The predicted octanol–water partition coefficient (Wildman–Crippen LogP) is 9.98. The Hall–Kier alpha value is -1.91. The lowest BCUT2D eigenvalue weighted by Gasteiger charge is -2.28. The molecule has 2 aromatic rings. The molecule has 3 rings (SSSR count). The predicted molar refractivity (Wildman–Crippen MR) is 126 cm³/mol. The van der Waals surface area contributed by atoms with E-state index in [1.165, 1.54) is 18.6 Å². The summed E-state index contributed by atoms with van der Waals surface area (Å²) in [7, 11) is 0. The number of halogens is 5. The lowest BCUT2D eigenvalue weighted by atomic mass is 9.79. The minimum atomic E-state index is -1.33. The van der Waals surface area contributed by atoms with E-state index in [9.17, 15) is 13.2 Å². The Kier molecular flexibility index (Phi) is 9.34. The molecule has 2 aromatic carbocycles. The Labute approximate surface area is 194 Å². The lowest BCUT2D eigenvalue weighted by molar-refractivity contribution is 0.258. The van der Waals surface area contributed by atoms with Gasteiger partial charge in [-0.2, -0.15) is 0 Å². The van der Waals surface area contributed by atoms with Gasteiger partial charge in [-0.15, -0.1) is 0 Å². The highest BCUT2D eigenvalue weighted by Crippen LogP contribution is 2.40. The fourth-order valence-electron chi connectivity index (χ4n) is 5.05. The number of allylic oxidation sites excluding steroid dienone is 1. The van der Waals surface area contributed by atoms with Crippen LogP contribution in [0, 0.1) is 29.3 Å². The van der Waals surface area contributed by atoms with Crippen LogP contribution in [0.2, 0.25) is 0 Å². The maximum atomic E-state index is 15.1. The van der Waals surface area contributed by atoms with Crippen molar-refractivity contribution in [3.05, 3.63) is 52.6 Å². The van der Waals surface area contributed by atoms with Crippen LogP contribution in [0.15, 0.2) is 24.0 Å². The van der Waals surface area contributed by atoms with Gasteiger partial charge in [-0.25, -0.2) is 22.0 Å². The highest BCUT2D eigenvalue weighted by molar-refractivity contribution is 5.88. The monoisotopic (exact) mass is 466 g/mol. The Morgan fingerprint density at radius 1 is 0.818 bits per heavy atom. The standard InChI is InChI=1S/C28H35F5/c1-3-5-7-9-18-11-13-19(14-12-18)24(29)27(32)22-16-15-20-17-21(10-8-6-4-2)25(30)28(33)23(20)26(22)31/h15-19H,3-14H2,1-2H3. The van der Waals surface area contributed by atoms with Gasteiger partial charge in [0.1, 0.15) is 11.6 Å². The molecule has 0 saturated heterocycles.